The van der Waals surface area contributed by atoms with Gasteiger partial charge >= 0.3 is 5.97 Å². The van der Waals surface area contributed by atoms with Gasteiger partial charge in [0.15, 0.2) is 0 Å². The highest BCUT2D eigenvalue weighted by atomic mass is 16.6. The third-order valence-corrected chi connectivity index (χ3v) is 2.99. The molecule has 0 saturated carbocycles. The van der Waals surface area contributed by atoms with Crippen LogP contribution in [-0.4, -0.2) is 24.3 Å². The van der Waals surface area contributed by atoms with E-state index < -0.39 is 0 Å². The summed E-state index contributed by atoms with van der Waals surface area (Å²) in [6.07, 6.45) is 3.41. The van der Waals surface area contributed by atoms with Crippen molar-refractivity contribution in [3.8, 4) is 0 Å². The van der Waals surface area contributed by atoms with Gasteiger partial charge in [-0.1, -0.05) is 20.8 Å². The van der Waals surface area contributed by atoms with E-state index in [0.29, 0.717) is 12.2 Å². The van der Waals surface area contributed by atoms with E-state index in [2.05, 4.69) is 6.92 Å². The molecule has 1 rings (SSSR count). The monoisotopic (exact) mass is 214 g/mol. The summed E-state index contributed by atoms with van der Waals surface area (Å²) < 4.78 is 10.7. The van der Waals surface area contributed by atoms with Crippen LogP contribution in [0.3, 0.4) is 0 Å². The summed E-state index contributed by atoms with van der Waals surface area (Å²) in [7, 11) is 0. The summed E-state index contributed by atoms with van der Waals surface area (Å²) in [6.45, 7) is 7.94. The van der Waals surface area contributed by atoms with Crippen LogP contribution in [0.15, 0.2) is 0 Å². The third-order valence-electron chi connectivity index (χ3n) is 2.99. The first-order valence-electron chi connectivity index (χ1n) is 5.94. The molecule has 0 spiro atoms. The van der Waals surface area contributed by atoms with Crippen molar-refractivity contribution in [3.05, 3.63) is 0 Å². The van der Waals surface area contributed by atoms with Crippen molar-refractivity contribution in [1.29, 1.82) is 0 Å². The van der Waals surface area contributed by atoms with Crippen LogP contribution in [0.4, 0.5) is 0 Å². The molecule has 3 heteroatoms. The Hall–Kier alpha value is -0.570. The van der Waals surface area contributed by atoms with E-state index in [9.17, 15) is 4.79 Å². The van der Waals surface area contributed by atoms with Crippen molar-refractivity contribution in [3.63, 3.8) is 0 Å². The van der Waals surface area contributed by atoms with Crippen LogP contribution in [0, 0.1) is 5.92 Å². The lowest BCUT2D eigenvalue weighted by molar-refractivity contribution is -0.153. The molecule has 0 radical (unpaired) electrons. The number of hydrogen-bond donors (Lipinski definition) is 0. The third kappa shape index (κ3) is 3.82. The second-order valence-electron chi connectivity index (χ2n) is 4.41. The molecule has 1 saturated heterocycles. The molecule has 3 nitrogen and oxygen atoms in total. The van der Waals surface area contributed by atoms with Gasteiger partial charge in [0, 0.05) is 6.42 Å². The average Bonchev–Trinajstić information content (AvgIpc) is 2.94. The summed E-state index contributed by atoms with van der Waals surface area (Å²) in [5.41, 5.74) is 0. The lowest BCUT2D eigenvalue weighted by Crippen LogP contribution is -2.22. The van der Waals surface area contributed by atoms with E-state index in [1.807, 2.05) is 20.8 Å². The fraction of sp³-hybridized carbons (Fsp3) is 0.917. The Morgan fingerprint density at radius 2 is 2.00 bits per heavy atom. The maximum absolute atomic E-state index is 11.5. The van der Waals surface area contributed by atoms with Crippen LogP contribution in [0.5, 0.6) is 0 Å². The zero-order valence-electron chi connectivity index (χ0n) is 10.2. The molecule has 1 aliphatic heterocycles. The molecule has 1 fully saturated rings. The maximum Gasteiger partial charge on any atom is 0.308 e. The molecule has 15 heavy (non-hydrogen) atoms. The van der Waals surface area contributed by atoms with Crippen LogP contribution in [0.2, 0.25) is 0 Å². The normalized spacial score (nSPS) is 28.3. The summed E-state index contributed by atoms with van der Waals surface area (Å²) in [5.74, 6) is -0.0757. The smallest absolute Gasteiger partial charge is 0.308 e. The van der Waals surface area contributed by atoms with Gasteiger partial charge in [0.1, 0.15) is 6.10 Å². The Kier molecular flexibility index (Phi) is 4.58. The Bertz CT molecular complexity index is 215. The molecule has 0 aromatic rings. The van der Waals surface area contributed by atoms with Crippen LogP contribution < -0.4 is 0 Å². The Morgan fingerprint density at radius 3 is 2.47 bits per heavy atom. The summed E-state index contributed by atoms with van der Waals surface area (Å²) in [4.78, 5) is 11.5. The molecule has 0 aliphatic carbocycles. The standard InChI is InChI=1S/C12H22O3/c1-5-8(3)12(13)14-9(4)7-11-10(6-2)15-11/h8-11H,5-7H2,1-4H3. The lowest BCUT2D eigenvalue weighted by Gasteiger charge is -2.14. The highest BCUT2D eigenvalue weighted by Gasteiger charge is 2.38. The number of epoxide rings is 1. The molecule has 0 aromatic heterocycles. The average molecular weight is 214 g/mol. The van der Waals surface area contributed by atoms with Crippen molar-refractivity contribution in [1.82, 2.24) is 0 Å². The van der Waals surface area contributed by atoms with Crippen LogP contribution >= 0.6 is 0 Å². The zero-order chi connectivity index (χ0) is 11.4. The fourth-order valence-electron chi connectivity index (χ4n) is 1.60. The van der Waals surface area contributed by atoms with Gasteiger partial charge in [0.25, 0.3) is 0 Å². The van der Waals surface area contributed by atoms with E-state index in [-0.39, 0.29) is 18.0 Å². The fourth-order valence-corrected chi connectivity index (χ4v) is 1.60. The van der Waals surface area contributed by atoms with Gasteiger partial charge in [-0.05, 0) is 19.8 Å². The van der Waals surface area contributed by atoms with E-state index in [0.717, 1.165) is 19.3 Å². The summed E-state index contributed by atoms with van der Waals surface area (Å²) in [6, 6.07) is 0. The summed E-state index contributed by atoms with van der Waals surface area (Å²) >= 11 is 0. The van der Waals surface area contributed by atoms with Crippen LogP contribution in [0.25, 0.3) is 0 Å². The number of rotatable bonds is 6. The second-order valence-corrected chi connectivity index (χ2v) is 4.41. The molecular weight excluding hydrogens is 192 g/mol. The minimum atomic E-state index is -0.0845. The van der Waals surface area contributed by atoms with Crippen molar-refractivity contribution < 1.29 is 14.3 Å². The van der Waals surface area contributed by atoms with E-state index in [1.54, 1.807) is 0 Å². The first kappa shape index (κ1) is 12.5. The number of carbonyl (C=O) groups excluding carboxylic acids is 1. The minimum Gasteiger partial charge on any atom is -0.462 e. The SMILES string of the molecule is CCC(C)C(=O)OC(C)CC1OC1CC. The van der Waals surface area contributed by atoms with Gasteiger partial charge < -0.3 is 9.47 Å². The lowest BCUT2D eigenvalue weighted by atomic mass is 10.1. The van der Waals surface area contributed by atoms with Crippen molar-refractivity contribution in [2.45, 2.75) is 65.3 Å². The van der Waals surface area contributed by atoms with E-state index in [4.69, 9.17) is 9.47 Å². The van der Waals surface area contributed by atoms with Crippen LogP contribution in [-0.2, 0) is 14.3 Å². The molecular formula is C12H22O3. The maximum atomic E-state index is 11.5. The van der Waals surface area contributed by atoms with Crippen LogP contribution in [0.1, 0.15) is 47.0 Å². The van der Waals surface area contributed by atoms with Gasteiger partial charge in [-0.3, -0.25) is 4.79 Å². The largest absolute Gasteiger partial charge is 0.462 e. The predicted octanol–water partition coefficient (Wildman–Crippen LogP) is 2.53. The number of ether oxygens (including phenoxy) is 2. The van der Waals surface area contributed by atoms with Crippen molar-refractivity contribution in [2.24, 2.45) is 5.92 Å². The molecule has 4 atom stereocenters. The molecule has 1 heterocycles. The van der Waals surface area contributed by atoms with Gasteiger partial charge in [0.2, 0.25) is 0 Å². The molecule has 0 amide bonds. The highest BCUT2D eigenvalue weighted by molar-refractivity contribution is 5.72. The molecule has 88 valence electrons. The van der Waals surface area contributed by atoms with Crippen molar-refractivity contribution >= 4 is 5.97 Å². The van der Waals surface area contributed by atoms with Crippen molar-refractivity contribution in [2.75, 3.05) is 0 Å². The highest BCUT2D eigenvalue weighted by Crippen LogP contribution is 2.29. The molecule has 4 unspecified atom stereocenters. The van der Waals surface area contributed by atoms with Gasteiger partial charge in [0.05, 0.1) is 18.1 Å². The molecule has 1 aliphatic rings. The number of hydrogen-bond acceptors (Lipinski definition) is 3. The molecule has 0 aromatic carbocycles. The van der Waals surface area contributed by atoms with E-state index >= 15 is 0 Å². The molecule has 0 bridgehead atoms. The zero-order valence-corrected chi connectivity index (χ0v) is 10.2. The number of esters is 1. The van der Waals surface area contributed by atoms with E-state index in [1.165, 1.54) is 0 Å². The van der Waals surface area contributed by atoms with Gasteiger partial charge in [-0.15, -0.1) is 0 Å². The predicted molar refractivity (Wildman–Crippen MR) is 58.6 cm³/mol. The van der Waals surface area contributed by atoms with Gasteiger partial charge in [-0.25, -0.2) is 0 Å². The first-order chi connectivity index (χ1) is 7.08. The first-order valence-corrected chi connectivity index (χ1v) is 5.94. The Labute approximate surface area is 92.1 Å². The quantitative estimate of drug-likeness (QED) is 0.504. The topological polar surface area (TPSA) is 38.8 Å². The Balaban J connectivity index is 2.18. The van der Waals surface area contributed by atoms with Gasteiger partial charge in [-0.2, -0.15) is 0 Å². The molecule has 0 N–H and O–H groups in total. The Morgan fingerprint density at radius 1 is 1.33 bits per heavy atom. The number of carbonyl (C=O) groups is 1. The second kappa shape index (κ2) is 5.50. The minimum absolute atomic E-state index is 0.00884. The summed E-state index contributed by atoms with van der Waals surface area (Å²) in [5, 5.41) is 0.